The zero-order valence-electron chi connectivity index (χ0n) is 9.51. The van der Waals surface area contributed by atoms with Crippen molar-refractivity contribution in [3.8, 4) is 17.6 Å². The van der Waals surface area contributed by atoms with E-state index >= 15 is 0 Å². The summed E-state index contributed by atoms with van der Waals surface area (Å²) in [6.07, 6.45) is 3.69. The van der Waals surface area contributed by atoms with Crippen LogP contribution in [0.2, 0.25) is 0 Å². The summed E-state index contributed by atoms with van der Waals surface area (Å²) in [5.74, 6) is 6.54. The van der Waals surface area contributed by atoms with E-state index in [1.807, 2.05) is 0 Å². The predicted molar refractivity (Wildman–Crippen MR) is 66.8 cm³/mol. The SMILES string of the molecule is Fc1cc(OCCC2CC2)ccc1C#CCCl. The third-order valence-electron chi connectivity index (χ3n) is 2.72. The average molecular weight is 253 g/mol. The monoisotopic (exact) mass is 252 g/mol. The molecule has 1 nitrogen and oxygen atoms in total. The fourth-order valence-electron chi connectivity index (χ4n) is 1.57. The maximum atomic E-state index is 13.5. The molecule has 0 radical (unpaired) electrons. The number of hydrogen-bond acceptors (Lipinski definition) is 1. The zero-order valence-corrected chi connectivity index (χ0v) is 10.3. The van der Waals surface area contributed by atoms with E-state index in [9.17, 15) is 4.39 Å². The number of hydrogen-bond donors (Lipinski definition) is 0. The van der Waals surface area contributed by atoms with Gasteiger partial charge >= 0.3 is 0 Å². The highest BCUT2D eigenvalue weighted by molar-refractivity contribution is 6.19. The van der Waals surface area contributed by atoms with Crippen LogP contribution >= 0.6 is 11.6 Å². The average Bonchev–Trinajstić information content (AvgIpc) is 3.12. The van der Waals surface area contributed by atoms with Gasteiger partial charge in [-0.25, -0.2) is 4.39 Å². The quantitative estimate of drug-likeness (QED) is 0.588. The van der Waals surface area contributed by atoms with Gasteiger partial charge in [-0.15, -0.1) is 11.6 Å². The van der Waals surface area contributed by atoms with Gasteiger partial charge in [-0.1, -0.05) is 24.7 Å². The van der Waals surface area contributed by atoms with Gasteiger partial charge in [0.25, 0.3) is 0 Å². The van der Waals surface area contributed by atoms with Gasteiger partial charge in [-0.2, -0.15) is 0 Å². The Bertz CT molecular complexity index is 443. The second-order valence-electron chi connectivity index (χ2n) is 4.16. The Morgan fingerprint density at radius 1 is 1.41 bits per heavy atom. The summed E-state index contributed by atoms with van der Waals surface area (Å²) in [6, 6.07) is 4.75. The lowest BCUT2D eigenvalue weighted by Crippen LogP contribution is -1.98. The summed E-state index contributed by atoms with van der Waals surface area (Å²) in [4.78, 5) is 0. The molecule has 0 bridgehead atoms. The van der Waals surface area contributed by atoms with E-state index in [0.717, 1.165) is 12.3 Å². The van der Waals surface area contributed by atoms with Crippen molar-refractivity contribution < 1.29 is 9.13 Å². The highest BCUT2D eigenvalue weighted by Crippen LogP contribution is 2.32. The minimum atomic E-state index is -0.355. The number of halogens is 2. The van der Waals surface area contributed by atoms with Crippen molar-refractivity contribution in [3.63, 3.8) is 0 Å². The molecule has 2 rings (SSSR count). The molecule has 17 heavy (non-hydrogen) atoms. The van der Waals surface area contributed by atoms with Gasteiger partial charge in [0, 0.05) is 6.07 Å². The second-order valence-corrected chi connectivity index (χ2v) is 4.42. The first kappa shape index (κ1) is 12.3. The number of ether oxygens (including phenoxy) is 1. The number of rotatable bonds is 4. The van der Waals surface area contributed by atoms with Crippen LogP contribution in [0.4, 0.5) is 4.39 Å². The Hall–Kier alpha value is -1.20. The fourth-order valence-corrected chi connectivity index (χ4v) is 1.63. The molecule has 1 aromatic rings. The Morgan fingerprint density at radius 2 is 2.24 bits per heavy atom. The largest absolute Gasteiger partial charge is 0.493 e. The van der Waals surface area contributed by atoms with Crippen LogP contribution in [0.1, 0.15) is 24.8 Å². The molecule has 0 amide bonds. The van der Waals surface area contributed by atoms with Crippen LogP contribution in [-0.4, -0.2) is 12.5 Å². The zero-order chi connectivity index (χ0) is 12.1. The molecule has 1 fully saturated rings. The fraction of sp³-hybridized carbons (Fsp3) is 0.429. The van der Waals surface area contributed by atoms with Crippen molar-refractivity contribution in [3.05, 3.63) is 29.6 Å². The standard InChI is InChI=1S/C14H14ClFO/c15-8-1-2-12-5-6-13(10-14(12)16)17-9-7-11-3-4-11/h5-6,10-11H,3-4,7-9H2. The molecule has 0 saturated heterocycles. The number of benzene rings is 1. The molecule has 0 aliphatic heterocycles. The third-order valence-corrected chi connectivity index (χ3v) is 2.86. The van der Waals surface area contributed by atoms with E-state index in [1.54, 1.807) is 12.1 Å². The summed E-state index contributed by atoms with van der Waals surface area (Å²) in [5.41, 5.74) is 0.361. The predicted octanol–water partition coefficient (Wildman–Crippen LogP) is 3.59. The van der Waals surface area contributed by atoms with E-state index in [0.29, 0.717) is 17.9 Å². The Kier molecular flexibility index (Phi) is 4.28. The van der Waals surface area contributed by atoms with Crippen LogP contribution < -0.4 is 4.74 Å². The Morgan fingerprint density at radius 3 is 2.88 bits per heavy atom. The van der Waals surface area contributed by atoms with Gasteiger partial charge in [0.2, 0.25) is 0 Å². The van der Waals surface area contributed by atoms with Crippen LogP contribution in [0.15, 0.2) is 18.2 Å². The van der Waals surface area contributed by atoms with Crippen molar-refractivity contribution in [1.82, 2.24) is 0 Å². The molecule has 0 N–H and O–H groups in total. The summed E-state index contributed by atoms with van der Waals surface area (Å²) in [7, 11) is 0. The topological polar surface area (TPSA) is 9.23 Å². The lowest BCUT2D eigenvalue weighted by Gasteiger charge is -2.06. The number of alkyl halides is 1. The van der Waals surface area contributed by atoms with Crippen molar-refractivity contribution in [2.75, 3.05) is 12.5 Å². The lowest BCUT2D eigenvalue weighted by atomic mass is 10.2. The van der Waals surface area contributed by atoms with Crippen molar-refractivity contribution >= 4 is 11.6 Å². The van der Waals surface area contributed by atoms with Crippen molar-refractivity contribution in [2.24, 2.45) is 5.92 Å². The van der Waals surface area contributed by atoms with Crippen LogP contribution in [0.3, 0.4) is 0 Å². The highest BCUT2D eigenvalue weighted by Gasteiger charge is 2.20. The van der Waals surface area contributed by atoms with Crippen LogP contribution in [0.5, 0.6) is 5.75 Å². The summed E-state index contributed by atoms with van der Waals surface area (Å²) >= 11 is 5.42. The molecule has 1 aliphatic carbocycles. The molecule has 3 heteroatoms. The van der Waals surface area contributed by atoms with Gasteiger partial charge < -0.3 is 4.74 Å². The minimum Gasteiger partial charge on any atom is -0.493 e. The first-order valence-electron chi connectivity index (χ1n) is 5.77. The van der Waals surface area contributed by atoms with Gasteiger partial charge in [-0.05, 0) is 24.5 Å². The first-order valence-corrected chi connectivity index (χ1v) is 6.30. The van der Waals surface area contributed by atoms with E-state index in [4.69, 9.17) is 16.3 Å². The molecule has 1 aromatic carbocycles. The molecule has 0 unspecified atom stereocenters. The molecule has 0 heterocycles. The molecule has 0 atom stereocenters. The van der Waals surface area contributed by atoms with Crippen LogP contribution in [0.25, 0.3) is 0 Å². The maximum Gasteiger partial charge on any atom is 0.142 e. The molecular weight excluding hydrogens is 239 g/mol. The van der Waals surface area contributed by atoms with Gasteiger partial charge in [-0.3, -0.25) is 0 Å². The van der Waals surface area contributed by atoms with Gasteiger partial charge in [0.15, 0.2) is 0 Å². The molecular formula is C14H14ClFO. The molecule has 1 saturated carbocycles. The molecule has 90 valence electrons. The van der Waals surface area contributed by atoms with Crippen LogP contribution in [0, 0.1) is 23.6 Å². The molecule has 1 aliphatic rings. The smallest absolute Gasteiger partial charge is 0.142 e. The van der Waals surface area contributed by atoms with E-state index in [1.165, 1.54) is 18.9 Å². The molecule has 0 spiro atoms. The summed E-state index contributed by atoms with van der Waals surface area (Å²) in [6.45, 7) is 0.664. The van der Waals surface area contributed by atoms with Crippen molar-refractivity contribution in [2.45, 2.75) is 19.3 Å². The van der Waals surface area contributed by atoms with Gasteiger partial charge in [0.05, 0.1) is 18.1 Å². The van der Waals surface area contributed by atoms with Crippen molar-refractivity contribution in [1.29, 1.82) is 0 Å². The Labute approximate surface area is 106 Å². The van der Waals surface area contributed by atoms with Crippen LogP contribution in [-0.2, 0) is 0 Å². The normalized spacial score (nSPS) is 14.0. The summed E-state index contributed by atoms with van der Waals surface area (Å²) in [5, 5.41) is 0. The maximum absolute atomic E-state index is 13.5. The highest BCUT2D eigenvalue weighted by atomic mass is 35.5. The first-order chi connectivity index (χ1) is 8.29. The van der Waals surface area contributed by atoms with E-state index in [2.05, 4.69) is 11.8 Å². The third kappa shape index (κ3) is 3.94. The summed E-state index contributed by atoms with van der Waals surface area (Å²) < 4.78 is 19.0. The Balaban J connectivity index is 1.92. The minimum absolute atomic E-state index is 0.207. The second kappa shape index (κ2) is 5.93. The lowest BCUT2D eigenvalue weighted by molar-refractivity contribution is 0.301. The van der Waals surface area contributed by atoms with E-state index < -0.39 is 0 Å². The van der Waals surface area contributed by atoms with E-state index in [-0.39, 0.29) is 11.7 Å². The van der Waals surface area contributed by atoms with Gasteiger partial charge in [0.1, 0.15) is 11.6 Å². The molecule has 0 aromatic heterocycles.